The third-order valence-corrected chi connectivity index (χ3v) is 4.06. The molecule has 0 saturated carbocycles. The highest BCUT2D eigenvalue weighted by atomic mass is 16.4. The first-order valence-corrected chi connectivity index (χ1v) is 6.97. The van der Waals surface area contributed by atoms with Crippen LogP contribution in [0.15, 0.2) is 5.16 Å². The summed E-state index contributed by atoms with van der Waals surface area (Å²) in [4.78, 5) is 2.55. The van der Waals surface area contributed by atoms with Gasteiger partial charge in [-0.2, -0.15) is 0 Å². The Morgan fingerprint density at radius 2 is 2.11 bits per heavy atom. The van der Waals surface area contributed by atoms with Crippen molar-refractivity contribution in [2.24, 2.45) is 21.7 Å². The number of hydrogen-bond donors (Lipinski definition) is 2. The van der Waals surface area contributed by atoms with Crippen molar-refractivity contribution < 1.29 is 5.21 Å². The van der Waals surface area contributed by atoms with Crippen molar-refractivity contribution in [2.45, 2.75) is 53.4 Å². The summed E-state index contributed by atoms with van der Waals surface area (Å²) < 4.78 is 0. The predicted octanol–water partition coefficient (Wildman–Crippen LogP) is 2.66. The number of amidine groups is 1. The second kappa shape index (κ2) is 5.91. The third kappa shape index (κ3) is 4.48. The minimum atomic E-state index is -0.208. The summed E-state index contributed by atoms with van der Waals surface area (Å²) >= 11 is 0. The van der Waals surface area contributed by atoms with E-state index in [2.05, 4.69) is 23.9 Å². The molecule has 1 aliphatic rings. The van der Waals surface area contributed by atoms with Crippen molar-refractivity contribution >= 4 is 5.84 Å². The molecule has 4 heteroatoms. The van der Waals surface area contributed by atoms with Crippen molar-refractivity contribution in [1.29, 1.82) is 0 Å². The number of likely N-dealkylation sites (tertiary alicyclic amines) is 1. The molecule has 0 unspecified atom stereocenters. The van der Waals surface area contributed by atoms with E-state index in [0.717, 1.165) is 19.4 Å². The van der Waals surface area contributed by atoms with Crippen LogP contribution >= 0.6 is 0 Å². The van der Waals surface area contributed by atoms with Gasteiger partial charge in [0.1, 0.15) is 5.84 Å². The quantitative estimate of drug-likeness (QED) is 0.343. The summed E-state index contributed by atoms with van der Waals surface area (Å²) in [6, 6.07) is 0. The van der Waals surface area contributed by atoms with E-state index < -0.39 is 0 Å². The Balaban J connectivity index is 2.34. The maximum absolute atomic E-state index is 8.74. The Morgan fingerprint density at radius 1 is 1.44 bits per heavy atom. The number of nitrogens with two attached hydrogens (primary N) is 1. The molecule has 4 nitrogen and oxygen atoms in total. The van der Waals surface area contributed by atoms with E-state index in [0.29, 0.717) is 11.3 Å². The van der Waals surface area contributed by atoms with Gasteiger partial charge in [0.05, 0.1) is 0 Å². The molecule has 18 heavy (non-hydrogen) atoms. The lowest BCUT2D eigenvalue weighted by Crippen LogP contribution is -2.41. The second-order valence-electron chi connectivity index (χ2n) is 7.02. The lowest BCUT2D eigenvalue weighted by atomic mass is 9.83. The molecule has 1 rings (SSSR count). The number of nitrogens with zero attached hydrogens (tertiary/aromatic N) is 2. The fraction of sp³-hybridized carbons (Fsp3) is 0.929. The topological polar surface area (TPSA) is 61.8 Å². The third-order valence-electron chi connectivity index (χ3n) is 4.06. The highest BCUT2D eigenvalue weighted by molar-refractivity contribution is 5.85. The van der Waals surface area contributed by atoms with Gasteiger partial charge in [0.15, 0.2) is 0 Å². The zero-order valence-electron chi connectivity index (χ0n) is 12.4. The van der Waals surface area contributed by atoms with Crippen molar-refractivity contribution in [3.63, 3.8) is 0 Å². The summed E-state index contributed by atoms with van der Waals surface area (Å²) in [7, 11) is 0. The highest BCUT2D eigenvalue weighted by Crippen LogP contribution is 2.29. The summed E-state index contributed by atoms with van der Waals surface area (Å²) in [5.41, 5.74) is 5.95. The minimum Gasteiger partial charge on any atom is -0.409 e. The molecule has 0 aromatic carbocycles. The molecule has 0 radical (unpaired) electrons. The Labute approximate surface area is 111 Å². The van der Waals surface area contributed by atoms with Crippen LogP contribution in [-0.2, 0) is 0 Å². The van der Waals surface area contributed by atoms with Gasteiger partial charge >= 0.3 is 0 Å². The van der Waals surface area contributed by atoms with Crippen LogP contribution in [0, 0.1) is 10.8 Å². The largest absolute Gasteiger partial charge is 0.409 e. The van der Waals surface area contributed by atoms with Gasteiger partial charge in [-0.1, -0.05) is 32.9 Å². The van der Waals surface area contributed by atoms with Gasteiger partial charge in [0.25, 0.3) is 0 Å². The molecule has 1 heterocycles. The normalized spacial score (nSPS) is 22.1. The SMILES string of the molecule is CC1(C)CCCN(CCCC(C)(C)C(N)=NO)C1. The molecule has 0 aliphatic carbocycles. The van der Waals surface area contributed by atoms with Crippen LogP contribution in [0.2, 0.25) is 0 Å². The molecular formula is C14H29N3O. The van der Waals surface area contributed by atoms with E-state index in [1.54, 1.807) is 0 Å². The van der Waals surface area contributed by atoms with Gasteiger partial charge in [-0.25, -0.2) is 0 Å². The van der Waals surface area contributed by atoms with Gasteiger partial charge in [-0.3, -0.25) is 0 Å². The zero-order chi connectivity index (χ0) is 13.8. The van der Waals surface area contributed by atoms with Crippen LogP contribution in [0.5, 0.6) is 0 Å². The fourth-order valence-corrected chi connectivity index (χ4v) is 2.74. The number of rotatable bonds is 5. The lowest BCUT2D eigenvalue weighted by molar-refractivity contribution is 0.114. The molecule has 1 aliphatic heterocycles. The van der Waals surface area contributed by atoms with E-state index in [9.17, 15) is 0 Å². The molecule has 0 spiro atoms. The van der Waals surface area contributed by atoms with E-state index in [4.69, 9.17) is 10.9 Å². The monoisotopic (exact) mass is 255 g/mol. The number of hydrogen-bond acceptors (Lipinski definition) is 3. The first-order valence-electron chi connectivity index (χ1n) is 6.97. The maximum Gasteiger partial charge on any atom is 0.144 e. The maximum atomic E-state index is 8.74. The van der Waals surface area contributed by atoms with E-state index in [1.165, 1.54) is 25.9 Å². The van der Waals surface area contributed by atoms with Gasteiger partial charge in [-0.15, -0.1) is 0 Å². The highest BCUT2D eigenvalue weighted by Gasteiger charge is 2.27. The molecule has 0 atom stereocenters. The Morgan fingerprint density at radius 3 is 2.67 bits per heavy atom. The molecule has 0 aromatic rings. The van der Waals surface area contributed by atoms with E-state index >= 15 is 0 Å². The minimum absolute atomic E-state index is 0.208. The van der Waals surface area contributed by atoms with Gasteiger partial charge in [0.2, 0.25) is 0 Å². The van der Waals surface area contributed by atoms with Crippen molar-refractivity contribution in [1.82, 2.24) is 4.90 Å². The summed E-state index contributed by atoms with van der Waals surface area (Å²) in [6.07, 6.45) is 4.69. The summed E-state index contributed by atoms with van der Waals surface area (Å²) in [6.45, 7) is 12.3. The van der Waals surface area contributed by atoms with Gasteiger partial charge in [0, 0.05) is 12.0 Å². The van der Waals surface area contributed by atoms with E-state index in [-0.39, 0.29) is 5.41 Å². The van der Waals surface area contributed by atoms with Crippen molar-refractivity contribution in [3.8, 4) is 0 Å². The average Bonchev–Trinajstić information content (AvgIpc) is 2.26. The molecule has 1 fully saturated rings. The van der Waals surface area contributed by atoms with Crippen LogP contribution in [0.1, 0.15) is 53.4 Å². The van der Waals surface area contributed by atoms with E-state index in [1.807, 2.05) is 13.8 Å². The lowest BCUT2D eigenvalue weighted by Gasteiger charge is -2.38. The van der Waals surface area contributed by atoms with Crippen LogP contribution < -0.4 is 5.73 Å². The average molecular weight is 255 g/mol. The van der Waals surface area contributed by atoms with Crippen LogP contribution in [-0.4, -0.2) is 35.6 Å². The Hall–Kier alpha value is -0.770. The van der Waals surface area contributed by atoms with Crippen molar-refractivity contribution in [3.05, 3.63) is 0 Å². The molecule has 3 N–H and O–H groups in total. The number of oxime groups is 1. The molecule has 0 amide bonds. The summed E-state index contributed by atoms with van der Waals surface area (Å²) in [5.74, 6) is 0.335. The van der Waals surface area contributed by atoms with Crippen LogP contribution in [0.25, 0.3) is 0 Å². The van der Waals surface area contributed by atoms with Crippen molar-refractivity contribution in [2.75, 3.05) is 19.6 Å². The molecular weight excluding hydrogens is 226 g/mol. The van der Waals surface area contributed by atoms with Crippen LogP contribution in [0.3, 0.4) is 0 Å². The van der Waals surface area contributed by atoms with Crippen LogP contribution in [0.4, 0.5) is 0 Å². The molecule has 0 bridgehead atoms. The Kier molecular flexibility index (Phi) is 5.02. The predicted molar refractivity (Wildman–Crippen MR) is 75.9 cm³/mol. The molecule has 1 saturated heterocycles. The van der Waals surface area contributed by atoms with Gasteiger partial charge < -0.3 is 15.8 Å². The Bertz CT molecular complexity index is 297. The zero-order valence-corrected chi connectivity index (χ0v) is 12.4. The number of piperidine rings is 1. The first-order chi connectivity index (χ1) is 8.27. The van der Waals surface area contributed by atoms with Gasteiger partial charge in [-0.05, 0) is 44.2 Å². The summed E-state index contributed by atoms with van der Waals surface area (Å²) in [5, 5.41) is 11.9. The fourth-order valence-electron chi connectivity index (χ4n) is 2.74. The second-order valence-corrected chi connectivity index (χ2v) is 7.02. The first kappa shape index (κ1) is 15.3. The molecule has 106 valence electrons. The smallest absolute Gasteiger partial charge is 0.144 e. The standard InChI is InChI=1S/C14H29N3O/c1-13(2)7-5-9-17(11-13)10-6-8-14(3,4)12(15)16-18/h18H,5-11H2,1-4H3,(H2,15,16). The molecule has 0 aromatic heterocycles.